The number of benzene rings is 2. The fraction of sp³-hybridized carbons (Fsp3) is 0.0500. The fourth-order valence-corrected chi connectivity index (χ4v) is 4.07. The van der Waals surface area contributed by atoms with Gasteiger partial charge in [0.2, 0.25) is 0 Å². The van der Waals surface area contributed by atoms with E-state index < -0.39 is 0 Å². The molecule has 0 aliphatic heterocycles. The van der Waals surface area contributed by atoms with E-state index in [9.17, 15) is 0 Å². The van der Waals surface area contributed by atoms with Gasteiger partial charge >= 0.3 is 0 Å². The Morgan fingerprint density at radius 1 is 0.826 bits per heavy atom. The summed E-state index contributed by atoms with van der Waals surface area (Å²) in [5.74, 6) is 0.874. The number of methoxy groups -OCH3 is 1. The molecule has 2 aromatic carbocycles. The second-order valence-electron chi connectivity index (χ2n) is 5.23. The zero-order valence-electron chi connectivity index (χ0n) is 12.7. The Balaban J connectivity index is 2.09. The molecule has 0 N–H and O–H groups in total. The molecule has 0 amide bonds. The molecular weight excluding hydrogens is 302 g/mol. The fourth-order valence-electron chi connectivity index (χ4n) is 2.79. The number of nitrogens with zero attached hydrogens (tertiary/aromatic N) is 1. The lowest BCUT2D eigenvalue weighted by Gasteiger charge is -2.05. The van der Waals surface area contributed by atoms with Crippen molar-refractivity contribution in [2.45, 2.75) is 0 Å². The number of pyridine rings is 1. The maximum atomic E-state index is 5.54. The second-order valence-corrected chi connectivity index (χ2v) is 6.25. The van der Waals surface area contributed by atoms with Crippen molar-refractivity contribution >= 4 is 21.6 Å². The first-order chi connectivity index (χ1) is 11.4. The van der Waals surface area contributed by atoms with Crippen molar-refractivity contribution in [2.24, 2.45) is 0 Å². The smallest absolute Gasteiger partial charge is 0.139 e. The first-order valence-corrected chi connectivity index (χ1v) is 8.26. The van der Waals surface area contributed by atoms with Crippen LogP contribution < -0.4 is 4.74 Å². The standard InChI is InChI=1S/C20H15NOS/c1-22-16-12-13-21-18-17(14-8-4-2-5-9-14)19(23-20(16)18)15-10-6-3-7-11-15/h2-13H,1H3. The van der Waals surface area contributed by atoms with Gasteiger partial charge in [0.1, 0.15) is 5.75 Å². The molecule has 112 valence electrons. The van der Waals surface area contributed by atoms with Crippen LogP contribution in [0, 0.1) is 0 Å². The van der Waals surface area contributed by atoms with E-state index in [2.05, 4.69) is 53.5 Å². The van der Waals surface area contributed by atoms with E-state index in [1.807, 2.05) is 24.4 Å². The lowest BCUT2D eigenvalue weighted by atomic mass is 10.0. The van der Waals surface area contributed by atoms with Crippen molar-refractivity contribution in [3.8, 4) is 27.3 Å². The maximum absolute atomic E-state index is 5.54. The lowest BCUT2D eigenvalue weighted by molar-refractivity contribution is 0.420. The minimum atomic E-state index is 0.874. The molecule has 4 rings (SSSR count). The highest BCUT2D eigenvalue weighted by molar-refractivity contribution is 7.23. The van der Waals surface area contributed by atoms with Gasteiger partial charge < -0.3 is 4.74 Å². The summed E-state index contributed by atoms with van der Waals surface area (Å²) in [5, 5.41) is 0. The Kier molecular flexibility index (Phi) is 3.56. The number of aromatic nitrogens is 1. The van der Waals surface area contributed by atoms with Gasteiger partial charge in [0, 0.05) is 16.6 Å². The summed E-state index contributed by atoms with van der Waals surface area (Å²) < 4.78 is 6.63. The third-order valence-corrected chi connectivity index (χ3v) is 5.10. The van der Waals surface area contributed by atoms with Gasteiger partial charge in [-0.1, -0.05) is 60.7 Å². The van der Waals surface area contributed by atoms with Crippen molar-refractivity contribution in [1.82, 2.24) is 4.98 Å². The Morgan fingerprint density at radius 2 is 1.48 bits per heavy atom. The molecule has 0 saturated heterocycles. The van der Waals surface area contributed by atoms with Gasteiger partial charge in [0.15, 0.2) is 0 Å². The highest BCUT2D eigenvalue weighted by Gasteiger charge is 2.18. The van der Waals surface area contributed by atoms with Crippen LogP contribution in [0.3, 0.4) is 0 Å². The van der Waals surface area contributed by atoms with E-state index in [-0.39, 0.29) is 0 Å². The van der Waals surface area contributed by atoms with Gasteiger partial charge in [-0.25, -0.2) is 0 Å². The van der Waals surface area contributed by atoms with E-state index in [1.165, 1.54) is 21.6 Å². The molecule has 23 heavy (non-hydrogen) atoms. The lowest BCUT2D eigenvalue weighted by Crippen LogP contribution is -1.85. The average molecular weight is 317 g/mol. The van der Waals surface area contributed by atoms with Crippen LogP contribution >= 0.6 is 11.3 Å². The molecule has 0 unspecified atom stereocenters. The summed E-state index contributed by atoms with van der Waals surface area (Å²) in [5.41, 5.74) is 4.56. The molecule has 0 radical (unpaired) electrons. The third kappa shape index (κ3) is 2.39. The van der Waals surface area contributed by atoms with E-state index in [0.717, 1.165) is 16.0 Å². The van der Waals surface area contributed by atoms with E-state index in [1.54, 1.807) is 18.4 Å². The molecular formula is C20H15NOS. The molecule has 0 fully saturated rings. The second kappa shape index (κ2) is 5.86. The van der Waals surface area contributed by atoms with Crippen LogP contribution in [0.1, 0.15) is 0 Å². The summed E-state index contributed by atoms with van der Waals surface area (Å²) in [4.78, 5) is 5.87. The number of fused-ring (bicyclic) bond motifs is 1. The first-order valence-electron chi connectivity index (χ1n) is 7.45. The Labute approximate surface area is 139 Å². The molecule has 2 aromatic heterocycles. The zero-order valence-corrected chi connectivity index (χ0v) is 13.5. The molecule has 4 aromatic rings. The first kappa shape index (κ1) is 14.0. The molecule has 0 bridgehead atoms. The average Bonchev–Trinajstić information content (AvgIpc) is 3.02. The van der Waals surface area contributed by atoms with Gasteiger partial charge in [-0.05, 0) is 17.2 Å². The van der Waals surface area contributed by atoms with Crippen LogP contribution in [-0.2, 0) is 0 Å². The summed E-state index contributed by atoms with van der Waals surface area (Å²) in [6.07, 6.45) is 1.81. The monoisotopic (exact) mass is 317 g/mol. The van der Waals surface area contributed by atoms with E-state index >= 15 is 0 Å². The molecule has 0 spiro atoms. The number of thiophene rings is 1. The zero-order chi connectivity index (χ0) is 15.6. The SMILES string of the molecule is COc1ccnc2c(-c3ccccc3)c(-c3ccccc3)sc12. The Hall–Kier alpha value is -2.65. The quantitative estimate of drug-likeness (QED) is 0.488. The van der Waals surface area contributed by atoms with Crippen molar-refractivity contribution < 1.29 is 4.74 Å². The molecule has 0 aliphatic rings. The largest absolute Gasteiger partial charge is 0.495 e. The molecule has 0 atom stereocenters. The number of ether oxygens (including phenoxy) is 1. The summed E-state index contributed by atoms with van der Waals surface area (Å²) >= 11 is 1.74. The number of hydrogen-bond donors (Lipinski definition) is 0. The van der Waals surface area contributed by atoms with Gasteiger partial charge in [-0.15, -0.1) is 11.3 Å². The van der Waals surface area contributed by atoms with Crippen molar-refractivity contribution in [3.05, 3.63) is 72.9 Å². The third-order valence-electron chi connectivity index (χ3n) is 3.85. The number of hydrogen-bond acceptors (Lipinski definition) is 3. The summed E-state index contributed by atoms with van der Waals surface area (Å²) in [6.45, 7) is 0. The molecule has 0 saturated carbocycles. The Morgan fingerprint density at radius 3 is 2.13 bits per heavy atom. The van der Waals surface area contributed by atoms with Crippen LogP contribution in [0.15, 0.2) is 72.9 Å². The Bertz CT molecular complexity index is 945. The van der Waals surface area contributed by atoms with E-state index in [4.69, 9.17) is 4.74 Å². The van der Waals surface area contributed by atoms with Gasteiger partial charge in [0.25, 0.3) is 0 Å². The minimum Gasteiger partial charge on any atom is -0.495 e. The molecule has 0 aliphatic carbocycles. The molecule has 2 nitrogen and oxygen atoms in total. The predicted molar refractivity (Wildman–Crippen MR) is 97.0 cm³/mol. The van der Waals surface area contributed by atoms with Gasteiger partial charge in [-0.3, -0.25) is 4.98 Å². The van der Waals surface area contributed by atoms with Crippen LogP contribution in [-0.4, -0.2) is 12.1 Å². The van der Waals surface area contributed by atoms with Crippen LogP contribution in [0.25, 0.3) is 31.8 Å². The van der Waals surface area contributed by atoms with Crippen LogP contribution in [0.5, 0.6) is 5.75 Å². The number of rotatable bonds is 3. The van der Waals surface area contributed by atoms with E-state index in [0.29, 0.717) is 0 Å². The summed E-state index contributed by atoms with van der Waals surface area (Å²) in [6, 6.07) is 22.8. The van der Waals surface area contributed by atoms with Crippen LogP contribution in [0.2, 0.25) is 0 Å². The topological polar surface area (TPSA) is 22.1 Å². The van der Waals surface area contributed by atoms with Gasteiger partial charge in [0.05, 0.1) is 17.3 Å². The summed E-state index contributed by atoms with van der Waals surface area (Å²) in [7, 11) is 1.71. The van der Waals surface area contributed by atoms with Crippen molar-refractivity contribution in [3.63, 3.8) is 0 Å². The predicted octanol–water partition coefficient (Wildman–Crippen LogP) is 5.64. The molecule has 3 heteroatoms. The molecule has 2 heterocycles. The van der Waals surface area contributed by atoms with Crippen LogP contribution in [0.4, 0.5) is 0 Å². The normalized spacial score (nSPS) is 10.8. The highest BCUT2D eigenvalue weighted by Crippen LogP contribution is 2.46. The minimum absolute atomic E-state index is 0.874. The van der Waals surface area contributed by atoms with Crippen molar-refractivity contribution in [2.75, 3.05) is 7.11 Å². The van der Waals surface area contributed by atoms with Crippen molar-refractivity contribution in [1.29, 1.82) is 0 Å². The maximum Gasteiger partial charge on any atom is 0.139 e. The van der Waals surface area contributed by atoms with Gasteiger partial charge in [-0.2, -0.15) is 0 Å². The highest BCUT2D eigenvalue weighted by atomic mass is 32.1.